The van der Waals surface area contributed by atoms with E-state index in [1.807, 2.05) is 12.1 Å². The smallest absolute Gasteiger partial charge is 0.120 e. The second kappa shape index (κ2) is 14.6. The predicted molar refractivity (Wildman–Crippen MR) is 168 cm³/mol. The van der Waals surface area contributed by atoms with Crippen molar-refractivity contribution in [1.82, 2.24) is 9.80 Å². The van der Waals surface area contributed by atoms with Crippen LogP contribution in [0.3, 0.4) is 0 Å². The molecule has 0 saturated carbocycles. The largest absolute Gasteiger partial charge is 0.508 e. The molecule has 2 N–H and O–H groups in total. The summed E-state index contributed by atoms with van der Waals surface area (Å²) in [5.74, 6) is 2.69. The standard InChI is InChI=1S/C35H47N3O3/c1-3-37-18-20-38(21-19-37)22-23-41-32-13-7-27(8-14-32)6-4-5-17-36-35-26-33(40-2)15-16-34(35)30-10-9-29-25-31(39)12-11-28(29)24-30/h7-8,11-16,25-26,30,36,39H,3-6,9-10,17-24H2,1-2H3. The summed E-state index contributed by atoms with van der Waals surface area (Å²) in [5.41, 5.74) is 6.54. The molecule has 6 nitrogen and oxygen atoms in total. The van der Waals surface area contributed by atoms with E-state index in [2.05, 4.69) is 70.6 Å². The fourth-order valence-electron chi connectivity index (χ4n) is 6.23. The van der Waals surface area contributed by atoms with Crippen LogP contribution in [0.15, 0.2) is 60.7 Å². The number of ether oxygens (including phenoxy) is 2. The molecule has 1 saturated heterocycles. The van der Waals surface area contributed by atoms with Crippen LogP contribution in [0.2, 0.25) is 0 Å². The topological polar surface area (TPSA) is 57.2 Å². The first-order valence-corrected chi connectivity index (χ1v) is 15.5. The highest BCUT2D eigenvalue weighted by molar-refractivity contribution is 5.57. The Kier molecular flexibility index (Phi) is 10.4. The molecule has 0 amide bonds. The van der Waals surface area contributed by atoms with Gasteiger partial charge in [0.1, 0.15) is 23.9 Å². The number of piperazine rings is 1. The molecule has 5 rings (SSSR count). The fraction of sp³-hybridized carbons (Fsp3) is 0.486. The van der Waals surface area contributed by atoms with Crippen LogP contribution in [0.5, 0.6) is 17.2 Å². The van der Waals surface area contributed by atoms with Gasteiger partial charge in [0.25, 0.3) is 0 Å². The summed E-state index contributed by atoms with van der Waals surface area (Å²) in [7, 11) is 1.73. The Labute approximate surface area is 246 Å². The van der Waals surface area contributed by atoms with Crippen molar-refractivity contribution in [3.05, 3.63) is 82.9 Å². The quantitative estimate of drug-likeness (QED) is 0.247. The first-order valence-electron chi connectivity index (χ1n) is 15.5. The highest BCUT2D eigenvalue weighted by atomic mass is 16.5. The van der Waals surface area contributed by atoms with Crippen LogP contribution in [0, 0.1) is 0 Å². The zero-order valence-electron chi connectivity index (χ0n) is 24.9. The first kappa shape index (κ1) is 29.3. The Balaban J connectivity index is 1.05. The van der Waals surface area contributed by atoms with E-state index < -0.39 is 0 Å². The van der Waals surface area contributed by atoms with Crippen molar-refractivity contribution < 1.29 is 14.6 Å². The molecule has 41 heavy (non-hydrogen) atoms. The summed E-state index contributed by atoms with van der Waals surface area (Å²) in [5, 5.41) is 13.6. The van der Waals surface area contributed by atoms with Gasteiger partial charge in [-0.25, -0.2) is 0 Å². The molecule has 1 heterocycles. The minimum Gasteiger partial charge on any atom is -0.508 e. The van der Waals surface area contributed by atoms with Gasteiger partial charge >= 0.3 is 0 Å². The number of benzene rings is 3. The van der Waals surface area contributed by atoms with Crippen LogP contribution in [0.4, 0.5) is 5.69 Å². The minimum absolute atomic E-state index is 0.366. The van der Waals surface area contributed by atoms with Gasteiger partial charge in [-0.2, -0.15) is 0 Å². The van der Waals surface area contributed by atoms with Gasteiger partial charge in [-0.05, 0) is 104 Å². The molecule has 0 spiro atoms. The molecule has 1 unspecified atom stereocenters. The van der Waals surface area contributed by atoms with Crippen molar-refractivity contribution in [3.8, 4) is 17.2 Å². The molecule has 1 fully saturated rings. The minimum atomic E-state index is 0.366. The number of hydrogen-bond donors (Lipinski definition) is 2. The predicted octanol–water partition coefficient (Wildman–Crippen LogP) is 6.12. The van der Waals surface area contributed by atoms with Gasteiger partial charge in [-0.1, -0.05) is 31.2 Å². The number of fused-ring (bicyclic) bond motifs is 1. The monoisotopic (exact) mass is 557 g/mol. The lowest BCUT2D eigenvalue weighted by Crippen LogP contribution is -2.47. The maximum absolute atomic E-state index is 9.85. The van der Waals surface area contributed by atoms with Crippen molar-refractivity contribution in [3.63, 3.8) is 0 Å². The van der Waals surface area contributed by atoms with Gasteiger partial charge in [0, 0.05) is 51.0 Å². The molecular formula is C35H47N3O3. The average molecular weight is 558 g/mol. The highest BCUT2D eigenvalue weighted by Crippen LogP contribution is 2.38. The van der Waals surface area contributed by atoms with E-state index in [-0.39, 0.29) is 0 Å². The number of nitrogens with one attached hydrogen (secondary N) is 1. The zero-order chi connectivity index (χ0) is 28.4. The maximum Gasteiger partial charge on any atom is 0.120 e. The summed E-state index contributed by atoms with van der Waals surface area (Å²) in [6.45, 7) is 10.7. The van der Waals surface area contributed by atoms with E-state index in [1.54, 1.807) is 7.11 Å². The molecule has 6 heteroatoms. The molecule has 3 aromatic carbocycles. The van der Waals surface area contributed by atoms with E-state index in [0.717, 1.165) is 89.4 Å². The number of phenols is 1. The lowest BCUT2D eigenvalue weighted by Gasteiger charge is -2.33. The van der Waals surface area contributed by atoms with Crippen molar-refractivity contribution in [2.75, 3.05) is 64.8 Å². The van der Waals surface area contributed by atoms with E-state index >= 15 is 0 Å². The normalized spacial score (nSPS) is 17.7. The summed E-state index contributed by atoms with van der Waals surface area (Å²) < 4.78 is 11.6. The lowest BCUT2D eigenvalue weighted by atomic mass is 9.79. The first-order chi connectivity index (χ1) is 20.1. The van der Waals surface area contributed by atoms with Crippen LogP contribution in [-0.4, -0.2) is 74.4 Å². The summed E-state index contributed by atoms with van der Waals surface area (Å²) in [6, 6.07) is 20.9. The van der Waals surface area contributed by atoms with Crippen LogP contribution < -0.4 is 14.8 Å². The Morgan fingerprint density at radius 1 is 0.878 bits per heavy atom. The van der Waals surface area contributed by atoms with Gasteiger partial charge < -0.3 is 24.8 Å². The third-order valence-corrected chi connectivity index (χ3v) is 8.84. The third kappa shape index (κ3) is 8.17. The van der Waals surface area contributed by atoms with Crippen molar-refractivity contribution in [2.24, 2.45) is 0 Å². The number of anilines is 1. The number of hydrogen-bond acceptors (Lipinski definition) is 6. The zero-order valence-corrected chi connectivity index (χ0v) is 24.9. The molecular weight excluding hydrogens is 510 g/mol. The average Bonchev–Trinajstić information content (AvgIpc) is 3.01. The molecule has 1 aliphatic heterocycles. The van der Waals surface area contributed by atoms with Gasteiger partial charge in [0.2, 0.25) is 0 Å². The summed E-state index contributed by atoms with van der Waals surface area (Å²) >= 11 is 0. The molecule has 0 radical (unpaired) electrons. The molecule has 0 bridgehead atoms. The number of nitrogens with zero attached hydrogens (tertiary/aromatic N) is 2. The van der Waals surface area contributed by atoms with E-state index in [4.69, 9.17) is 9.47 Å². The van der Waals surface area contributed by atoms with Crippen molar-refractivity contribution in [2.45, 2.75) is 51.4 Å². The SMILES string of the molecule is CCN1CCN(CCOc2ccc(CCCCNc3cc(OC)ccc3C3CCc4cc(O)ccc4C3)cc2)CC1. The van der Waals surface area contributed by atoms with Gasteiger partial charge in [-0.15, -0.1) is 0 Å². The van der Waals surface area contributed by atoms with Gasteiger partial charge in [-0.3, -0.25) is 4.90 Å². The molecule has 1 aliphatic carbocycles. The van der Waals surface area contributed by atoms with Gasteiger partial charge in [0.15, 0.2) is 0 Å². The highest BCUT2D eigenvalue weighted by Gasteiger charge is 2.23. The van der Waals surface area contributed by atoms with E-state index in [1.165, 1.54) is 41.0 Å². The number of aryl methyl sites for hydroxylation is 2. The lowest BCUT2D eigenvalue weighted by molar-refractivity contribution is 0.121. The Morgan fingerprint density at radius 2 is 1.66 bits per heavy atom. The number of rotatable bonds is 13. The number of likely N-dealkylation sites (N-methyl/N-ethyl adjacent to an activating group) is 1. The second-order valence-corrected chi connectivity index (χ2v) is 11.5. The van der Waals surface area contributed by atoms with Crippen LogP contribution in [0.25, 0.3) is 0 Å². The second-order valence-electron chi connectivity index (χ2n) is 11.5. The molecule has 2 aliphatic rings. The van der Waals surface area contributed by atoms with Crippen LogP contribution >= 0.6 is 0 Å². The number of unbranched alkanes of at least 4 members (excludes halogenated alkanes) is 1. The van der Waals surface area contributed by atoms with Crippen molar-refractivity contribution in [1.29, 1.82) is 0 Å². The van der Waals surface area contributed by atoms with Crippen LogP contribution in [-0.2, 0) is 19.3 Å². The van der Waals surface area contributed by atoms with E-state index in [9.17, 15) is 5.11 Å². The maximum atomic E-state index is 9.85. The molecule has 220 valence electrons. The fourth-order valence-corrected chi connectivity index (χ4v) is 6.23. The summed E-state index contributed by atoms with van der Waals surface area (Å²) in [4.78, 5) is 5.01. The number of methoxy groups -OCH3 is 1. The Hall–Kier alpha value is -3.22. The number of phenolic OH excluding ortho intramolecular Hbond substituents is 1. The molecule has 0 aromatic heterocycles. The van der Waals surface area contributed by atoms with Crippen molar-refractivity contribution >= 4 is 5.69 Å². The van der Waals surface area contributed by atoms with E-state index in [0.29, 0.717) is 11.7 Å². The van der Waals surface area contributed by atoms with Gasteiger partial charge in [0.05, 0.1) is 7.11 Å². The third-order valence-electron chi connectivity index (χ3n) is 8.84. The number of aromatic hydroxyl groups is 1. The molecule has 1 atom stereocenters. The molecule has 3 aromatic rings. The van der Waals surface area contributed by atoms with Crippen LogP contribution in [0.1, 0.15) is 54.4 Å². The Morgan fingerprint density at radius 3 is 2.44 bits per heavy atom. The Bertz CT molecular complexity index is 1240. The summed E-state index contributed by atoms with van der Waals surface area (Å²) in [6.07, 6.45) is 6.41.